The molecule has 1 aromatic carbocycles. The molecule has 1 atom stereocenters. The van der Waals surface area contributed by atoms with Gasteiger partial charge in [0.25, 0.3) is 0 Å². The topological polar surface area (TPSA) is 49.1 Å². The first-order valence-electron chi connectivity index (χ1n) is 6.99. The molecule has 1 aliphatic rings. The smallest absolute Gasteiger partial charge is 0.222 e. The molecule has 0 N–H and O–H groups in total. The molecule has 4 nitrogen and oxygen atoms in total. The molecule has 2 heterocycles. The summed E-state index contributed by atoms with van der Waals surface area (Å²) in [5.74, 6) is 0.586. The second kappa shape index (κ2) is 5.48. The lowest BCUT2D eigenvalue weighted by molar-refractivity contribution is 0.197. The normalized spacial score (nSPS) is 19.1. The molecule has 0 radical (unpaired) electrons. The Bertz CT molecular complexity index is 662. The van der Waals surface area contributed by atoms with Gasteiger partial charge in [-0.3, -0.25) is 4.90 Å². The van der Waals surface area contributed by atoms with Crippen LogP contribution in [0.2, 0.25) is 0 Å². The lowest BCUT2D eigenvalue weighted by Crippen LogP contribution is -2.24. The molecule has 1 saturated heterocycles. The highest BCUT2D eigenvalue weighted by Gasteiger charge is 2.23. The Kier molecular flexibility index (Phi) is 3.53. The number of ether oxygens (including phenoxy) is 1. The first-order valence-corrected chi connectivity index (χ1v) is 6.99. The number of pyridine rings is 1. The van der Waals surface area contributed by atoms with Crippen LogP contribution in [0.5, 0.6) is 5.88 Å². The van der Waals surface area contributed by atoms with Crippen LogP contribution < -0.4 is 4.74 Å². The van der Waals surface area contributed by atoms with Gasteiger partial charge in [0, 0.05) is 18.5 Å². The quantitative estimate of drug-likeness (QED) is 0.857. The second-order valence-electron chi connectivity index (χ2n) is 5.07. The van der Waals surface area contributed by atoms with Gasteiger partial charge in [-0.2, -0.15) is 5.26 Å². The summed E-state index contributed by atoms with van der Waals surface area (Å²) in [4.78, 5) is 6.69. The minimum Gasteiger partial charge on any atom is -0.472 e. The van der Waals surface area contributed by atoms with E-state index in [-0.39, 0.29) is 6.10 Å². The molecular weight excluding hydrogens is 250 g/mol. The van der Waals surface area contributed by atoms with E-state index in [4.69, 9.17) is 10.00 Å². The summed E-state index contributed by atoms with van der Waals surface area (Å²) in [5, 5.41) is 11.1. The first-order chi connectivity index (χ1) is 9.80. The van der Waals surface area contributed by atoms with Crippen LogP contribution in [-0.4, -0.2) is 35.6 Å². The molecule has 0 saturated carbocycles. The molecule has 1 unspecified atom stereocenters. The Morgan fingerprint density at radius 1 is 1.45 bits per heavy atom. The van der Waals surface area contributed by atoms with Crippen LogP contribution in [0.4, 0.5) is 0 Å². The third-order valence-electron chi connectivity index (χ3n) is 3.77. The number of benzene rings is 1. The number of likely N-dealkylation sites (tertiary alicyclic amines) is 1. The molecule has 0 aliphatic carbocycles. The van der Waals surface area contributed by atoms with E-state index in [9.17, 15) is 0 Å². The van der Waals surface area contributed by atoms with E-state index >= 15 is 0 Å². The van der Waals surface area contributed by atoms with Crippen LogP contribution in [0.1, 0.15) is 19.0 Å². The van der Waals surface area contributed by atoms with Crippen molar-refractivity contribution in [3.63, 3.8) is 0 Å². The monoisotopic (exact) mass is 267 g/mol. The van der Waals surface area contributed by atoms with E-state index in [1.54, 1.807) is 6.07 Å². The maximum absolute atomic E-state index is 9.09. The van der Waals surface area contributed by atoms with Gasteiger partial charge < -0.3 is 4.74 Å². The first kappa shape index (κ1) is 12.9. The van der Waals surface area contributed by atoms with Crippen LogP contribution in [-0.2, 0) is 0 Å². The molecular formula is C16H17N3O. The number of hydrogen-bond donors (Lipinski definition) is 0. The maximum atomic E-state index is 9.09. The van der Waals surface area contributed by atoms with Crippen LogP contribution >= 0.6 is 0 Å². The highest BCUT2D eigenvalue weighted by Crippen LogP contribution is 2.26. The molecule has 2 aromatic rings. The molecule has 1 fully saturated rings. The molecule has 1 aliphatic heterocycles. The fourth-order valence-electron chi connectivity index (χ4n) is 2.65. The van der Waals surface area contributed by atoms with Crippen molar-refractivity contribution in [1.29, 1.82) is 5.26 Å². The highest BCUT2D eigenvalue weighted by atomic mass is 16.5. The van der Waals surface area contributed by atoms with Crippen LogP contribution in [0.15, 0.2) is 30.3 Å². The highest BCUT2D eigenvalue weighted by molar-refractivity contribution is 5.87. The van der Waals surface area contributed by atoms with Crippen molar-refractivity contribution >= 4 is 10.8 Å². The summed E-state index contributed by atoms with van der Waals surface area (Å²) >= 11 is 0. The van der Waals surface area contributed by atoms with Gasteiger partial charge in [0.05, 0.1) is 0 Å². The molecule has 4 heteroatoms. The molecule has 0 amide bonds. The lowest BCUT2D eigenvalue weighted by Gasteiger charge is -2.16. The third-order valence-corrected chi connectivity index (χ3v) is 3.77. The average Bonchev–Trinajstić information content (AvgIpc) is 2.94. The van der Waals surface area contributed by atoms with Crippen LogP contribution in [0, 0.1) is 11.3 Å². The minimum atomic E-state index is 0.166. The van der Waals surface area contributed by atoms with Gasteiger partial charge in [-0.1, -0.05) is 25.1 Å². The predicted molar refractivity (Wildman–Crippen MR) is 77.6 cm³/mol. The van der Waals surface area contributed by atoms with E-state index < -0.39 is 0 Å². The van der Waals surface area contributed by atoms with Crippen molar-refractivity contribution in [3.8, 4) is 11.9 Å². The Balaban J connectivity index is 1.92. The minimum absolute atomic E-state index is 0.166. The molecule has 20 heavy (non-hydrogen) atoms. The zero-order valence-corrected chi connectivity index (χ0v) is 11.5. The van der Waals surface area contributed by atoms with Gasteiger partial charge in [-0.05, 0) is 30.5 Å². The van der Waals surface area contributed by atoms with Crippen molar-refractivity contribution in [2.24, 2.45) is 0 Å². The van der Waals surface area contributed by atoms with Crippen LogP contribution in [0.25, 0.3) is 10.8 Å². The molecule has 0 bridgehead atoms. The SMILES string of the molecule is CCN1CCC(Oc2nc(C#N)cc3ccccc23)C1. The predicted octanol–water partition coefficient (Wildman–Crippen LogP) is 2.58. The zero-order chi connectivity index (χ0) is 13.9. The number of fused-ring (bicyclic) bond motifs is 1. The Morgan fingerprint density at radius 2 is 2.30 bits per heavy atom. The summed E-state index contributed by atoms with van der Waals surface area (Å²) in [6, 6.07) is 11.8. The number of nitrogens with zero attached hydrogens (tertiary/aromatic N) is 3. The molecule has 0 spiro atoms. The standard InChI is InChI=1S/C16H17N3O/c1-2-19-8-7-14(11-19)20-16-15-6-4-3-5-12(15)9-13(10-17)18-16/h3-6,9,14H,2,7-8,11H2,1H3. The summed E-state index contributed by atoms with van der Waals surface area (Å²) in [5.41, 5.74) is 0.407. The van der Waals surface area contributed by atoms with Gasteiger partial charge in [-0.25, -0.2) is 4.98 Å². The largest absolute Gasteiger partial charge is 0.472 e. The summed E-state index contributed by atoms with van der Waals surface area (Å²) in [6.45, 7) is 5.21. The van der Waals surface area contributed by atoms with E-state index in [0.29, 0.717) is 11.6 Å². The van der Waals surface area contributed by atoms with Gasteiger partial charge in [0.15, 0.2) is 0 Å². The Labute approximate surface area is 118 Å². The van der Waals surface area contributed by atoms with E-state index in [2.05, 4.69) is 22.9 Å². The number of likely N-dealkylation sites (N-methyl/N-ethyl adjacent to an activating group) is 1. The average molecular weight is 267 g/mol. The number of nitriles is 1. The van der Waals surface area contributed by atoms with Crippen molar-refractivity contribution in [1.82, 2.24) is 9.88 Å². The van der Waals surface area contributed by atoms with Gasteiger partial charge in [-0.15, -0.1) is 0 Å². The van der Waals surface area contributed by atoms with E-state index in [0.717, 1.165) is 36.8 Å². The van der Waals surface area contributed by atoms with Crippen molar-refractivity contribution in [2.45, 2.75) is 19.4 Å². The second-order valence-corrected chi connectivity index (χ2v) is 5.07. The molecule has 1 aromatic heterocycles. The Morgan fingerprint density at radius 3 is 3.05 bits per heavy atom. The zero-order valence-electron chi connectivity index (χ0n) is 11.5. The molecule has 102 valence electrons. The number of aromatic nitrogens is 1. The molecule has 3 rings (SSSR count). The number of hydrogen-bond acceptors (Lipinski definition) is 4. The summed E-state index contributed by atoms with van der Waals surface area (Å²) < 4.78 is 6.06. The van der Waals surface area contributed by atoms with E-state index in [1.165, 1.54) is 0 Å². The lowest BCUT2D eigenvalue weighted by atomic mass is 10.1. The fourth-order valence-corrected chi connectivity index (χ4v) is 2.65. The van der Waals surface area contributed by atoms with E-state index in [1.807, 2.05) is 24.3 Å². The fraction of sp³-hybridized carbons (Fsp3) is 0.375. The van der Waals surface area contributed by atoms with Crippen molar-refractivity contribution < 1.29 is 4.74 Å². The summed E-state index contributed by atoms with van der Waals surface area (Å²) in [7, 11) is 0. The van der Waals surface area contributed by atoms with Gasteiger partial charge in [0.1, 0.15) is 17.9 Å². The maximum Gasteiger partial charge on any atom is 0.222 e. The van der Waals surface area contributed by atoms with Gasteiger partial charge in [0.2, 0.25) is 5.88 Å². The summed E-state index contributed by atoms with van der Waals surface area (Å²) in [6.07, 6.45) is 1.18. The van der Waals surface area contributed by atoms with Gasteiger partial charge >= 0.3 is 0 Å². The Hall–Kier alpha value is -2.12. The van der Waals surface area contributed by atoms with Crippen LogP contribution in [0.3, 0.4) is 0 Å². The third kappa shape index (κ3) is 2.45. The van der Waals surface area contributed by atoms with Crippen molar-refractivity contribution in [3.05, 3.63) is 36.0 Å². The number of rotatable bonds is 3. The van der Waals surface area contributed by atoms with Crippen molar-refractivity contribution in [2.75, 3.05) is 19.6 Å².